The van der Waals surface area contributed by atoms with Crippen molar-refractivity contribution in [1.82, 2.24) is 0 Å². The monoisotopic (exact) mass is 208 g/mol. The van der Waals surface area contributed by atoms with E-state index in [0.717, 1.165) is 6.42 Å². The Bertz CT molecular complexity index is 160. The van der Waals surface area contributed by atoms with Gasteiger partial charge in [-0.05, 0) is 19.8 Å². The predicted molar refractivity (Wildman–Crippen MR) is 55.2 cm³/mol. The third-order valence-electron chi connectivity index (χ3n) is 1.88. The van der Waals surface area contributed by atoms with Gasteiger partial charge in [0.05, 0.1) is 19.4 Å². The molecule has 4 heteroatoms. The van der Waals surface area contributed by atoms with Crippen LogP contribution in [0.2, 0.25) is 0 Å². The van der Waals surface area contributed by atoms with Crippen molar-refractivity contribution >= 4 is 7.60 Å². The SMILES string of the molecule is CCOP(=O)(CC(C)CC)OCC. The fourth-order valence-corrected chi connectivity index (χ4v) is 3.14. The van der Waals surface area contributed by atoms with Crippen LogP contribution in [0.25, 0.3) is 0 Å². The molecule has 0 aromatic heterocycles. The Kier molecular flexibility index (Phi) is 6.66. The van der Waals surface area contributed by atoms with E-state index in [0.29, 0.717) is 25.3 Å². The van der Waals surface area contributed by atoms with Crippen LogP contribution in [0, 0.1) is 5.92 Å². The van der Waals surface area contributed by atoms with E-state index < -0.39 is 7.60 Å². The van der Waals surface area contributed by atoms with Gasteiger partial charge >= 0.3 is 7.60 Å². The zero-order valence-electron chi connectivity index (χ0n) is 9.08. The molecule has 0 N–H and O–H groups in total. The van der Waals surface area contributed by atoms with E-state index in [1.54, 1.807) is 0 Å². The van der Waals surface area contributed by atoms with E-state index in [4.69, 9.17) is 9.05 Å². The summed E-state index contributed by atoms with van der Waals surface area (Å²) >= 11 is 0. The maximum Gasteiger partial charge on any atom is 0.330 e. The summed E-state index contributed by atoms with van der Waals surface area (Å²) in [6.45, 7) is 8.71. The normalized spacial score (nSPS) is 14.5. The molecule has 80 valence electrons. The minimum absolute atomic E-state index is 0.393. The first-order valence-corrected chi connectivity index (χ1v) is 6.68. The molecule has 0 bridgehead atoms. The van der Waals surface area contributed by atoms with Gasteiger partial charge in [0.1, 0.15) is 0 Å². The minimum atomic E-state index is -2.79. The van der Waals surface area contributed by atoms with Crippen molar-refractivity contribution in [3.05, 3.63) is 0 Å². The lowest BCUT2D eigenvalue weighted by atomic mass is 10.2. The summed E-state index contributed by atoms with van der Waals surface area (Å²) in [7, 11) is -2.79. The summed E-state index contributed by atoms with van der Waals surface area (Å²) in [6, 6.07) is 0. The summed E-state index contributed by atoms with van der Waals surface area (Å²) in [4.78, 5) is 0. The quantitative estimate of drug-likeness (QED) is 0.602. The Morgan fingerprint density at radius 2 is 1.62 bits per heavy atom. The molecule has 0 saturated heterocycles. The molecule has 0 heterocycles. The molecule has 0 saturated carbocycles. The third kappa shape index (κ3) is 5.45. The topological polar surface area (TPSA) is 35.5 Å². The second kappa shape index (κ2) is 6.58. The molecule has 0 spiro atoms. The van der Waals surface area contributed by atoms with Crippen molar-refractivity contribution in [3.63, 3.8) is 0 Å². The zero-order valence-corrected chi connectivity index (χ0v) is 9.97. The van der Waals surface area contributed by atoms with E-state index >= 15 is 0 Å². The van der Waals surface area contributed by atoms with Crippen molar-refractivity contribution < 1.29 is 13.6 Å². The summed E-state index contributed by atoms with van der Waals surface area (Å²) in [5.74, 6) is 0.393. The van der Waals surface area contributed by atoms with Gasteiger partial charge in [-0.15, -0.1) is 0 Å². The van der Waals surface area contributed by atoms with E-state index in [2.05, 4.69) is 13.8 Å². The lowest BCUT2D eigenvalue weighted by Gasteiger charge is -2.19. The van der Waals surface area contributed by atoms with Gasteiger partial charge in [-0.25, -0.2) is 0 Å². The van der Waals surface area contributed by atoms with E-state index in [-0.39, 0.29) is 0 Å². The molecule has 1 atom stereocenters. The van der Waals surface area contributed by atoms with Crippen molar-refractivity contribution in [1.29, 1.82) is 0 Å². The molecule has 1 unspecified atom stereocenters. The van der Waals surface area contributed by atoms with Gasteiger partial charge in [-0.3, -0.25) is 4.57 Å². The first kappa shape index (κ1) is 13.2. The van der Waals surface area contributed by atoms with E-state index in [9.17, 15) is 4.57 Å². The van der Waals surface area contributed by atoms with Gasteiger partial charge in [0.15, 0.2) is 0 Å². The molecule has 0 aliphatic heterocycles. The molecular formula is C9H21O3P. The van der Waals surface area contributed by atoms with Crippen molar-refractivity contribution in [2.75, 3.05) is 19.4 Å². The second-order valence-corrected chi connectivity index (χ2v) is 5.25. The van der Waals surface area contributed by atoms with Gasteiger partial charge in [0, 0.05) is 0 Å². The molecule has 0 amide bonds. The summed E-state index contributed by atoms with van der Waals surface area (Å²) in [6.07, 6.45) is 1.54. The largest absolute Gasteiger partial charge is 0.330 e. The van der Waals surface area contributed by atoms with E-state index in [1.165, 1.54) is 0 Å². The molecule has 13 heavy (non-hydrogen) atoms. The van der Waals surface area contributed by atoms with Crippen molar-refractivity contribution in [2.45, 2.75) is 34.1 Å². The van der Waals surface area contributed by atoms with Gasteiger partial charge in [0.25, 0.3) is 0 Å². The Labute approximate surface area is 81.3 Å². The van der Waals surface area contributed by atoms with Crippen molar-refractivity contribution in [2.24, 2.45) is 5.92 Å². The van der Waals surface area contributed by atoms with Gasteiger partial charge < -0.3 is 9.05 Å². The van der Waals surface area contributed by atoms with Crippen LogP contribution >= 0.6 is 7.60 Å². The van der Waals surface area contributed by atoms with Crippen LogP contribution in [0.3, 0.4) is 0 Å². The lowest BCUT2D eigenvalue weighted by molar-refractivity contribution is 0.216. The fourth-order valence-electron chi connectivity index (χ4n) is 1.05. The Morgan fingerprint density at radius 3 is 1.92 bits per heavy atom. The lowest BCUT2D eigenvalue weighted by Crippen LogP contribution is -2.06. The van der Waals surface area contributed by atoms with Crippen molar-refractivity contribution in [3.8, 4) is 0 Å². The molecule has 3 nitrogen and oxygen atoms in total. The van der Waals surface area contributed by atoms with Gasteiger partial charge in [-0.1, -0.05) is 20.3 Å². The molecule has 0 aliphatic carbocycles. The maximum atomic E-state index is 11.9. The molecule has 0 aromatic carbocycles. The number of hydrogen-bond donors (Lipinski definition) is 0. The molecular weight excluding hydrogens is 187 g/mol. The van der Waals surface area contributed by atoms with Crippen LogP contribution in [0.5, 0.6) is 0 Å². The highest BCUT2D eigenvalue weighted by Crippen LogP contribution is 2.49. The standard InChI is InChI=1S/C9H21O3P/c1-5-9(4)8-13(10,11-6-2)12-7-3/h9H,5-8H2,1-4H3. The van der Waals surface area contributed by atoms with Gasteiger partial charge in [0.2, 0.25) is 0 Å². The Morgan fingerprint density at radius 1 is 1.15 bits per heavy atom. The van der Waals surface area contributed by atoms with Crippen LogP contribution in [-0.4, -0.2) is 19.4 Å². The van der Waals surface area contributed by atoms with Crippen LogP contribution in [0.1, 0.15) is 34.1 Å². The molecule has 0 aromatic rings. The predicted octanol–water partition coefficient (Wildman–Crippen LogP) is 3.30. The highest BCUT2D eigenvalue weighted by atomic mass is 31.2. The van der Waals surface area contributed by atoms with Crippen LogP contribution in [-0.2, 0) is 13.6 Å². The highest BCUT2D eigenvalue weighted by molar-refractivity contribution is 7.53. The Hall–Kier alpha value is 0.150. The Balaban J connectivity index is 4.14. The molecule has 0 radical (unpaired) electrons. The average molecular weight is 208 g/mol. The molecule has 0 fully saturated rings. The van der Waals surface area contributed by atoms with Crippen LogP contribution < -0.4 is 0 Å². The average Bonchev–Trinajstić information content (AvgIpc) is 2.04. The number of rotatable bonds is 7. The molecule has 0 rings (SSSR count). The van der Waals surface area contributed by atoms with Crippen LogP contribution in [0.4, 0.5) is 0 Å². The first-order chi connectivity index (χ1) is 6.08. The smallest absolute Gasteiger partial charge is 0.309 e. The summed E-state index contributed by atoms with van der Waals surface area (Å²) < 4.78 is 22.3. The van der Waals surface area contributed by atoms with Gasteiger partial charge in [-0.2, -0.15) is 0 Å². The molecule has 0 aliphatic rings. The maximum absolute atomic E-state index is 11.9. The summed E-state index contributed by atoms with van der Waals surface area (Å²) in [5.41, 5.74) is 0. The third-order valence-corrected chi connectivity index (χ3v) is 4.26. The summed E-state index contributed by atoms with van der Waals surface area (Å²) in [5, 5.41) is 0. The van der Waals surface area contributed by atoms with Crippen LogP contribution in [0.15, 0.2) is 0 Å². The highest BCUT2D eigenvalue weighted by Gasteiger charge is 2.25. The zero-order chi connectivity index (χ0) is 10.3. The first-order valence-electron chi connectivity index (χ1n) is 4.96. The minimum Gasteiger partial charge on any atom is -0.309 e. The second-order valence-electron chi connectivity index (χ2n) is 3.14. The fraction of sp³-hybridized carbons (Fsp3) is 1.00. The van der Waals surface area contributed by atoms with E-state index in [1.807, 2.05) is 13.8 Å². The number of hydrogen-bond acceptors (Lipinski definition) is 3.